The van der Waals surface area contributed by atoms with Gasteiger partial charge in [0, 0.05) is 17.6 Å². The molecule has 0 bridgehead atoms. The third-order valence-electron chi connectivity index (χ3n) is 6.36. The molecule has 0 saturated heterocycles. The summed E-state index contributed by atoms with van der Waals surface area (Å²) in [6.45, 7) is 15.4. The fraction of sp³-hybridized carbons (Fsp3) is 0.700. The Morgan fingerprint density at radius 3 is 2.18 bits per heavy atom. The Labute approximate surface area is 240 Å². The zero-order chi connectivity index (χ0) is 29.8. The van der Waals surface area contributed by atoms with Crippen LogP contribution < -0.4 is 10.6 Å². The molecule has 4 unspecified atom stereocenters. The molecule has 3 amide bonds. The highest BCUT2D eigenvalue weighted by atomic mass is 32.2. The van der Waals surface area contributed by atoms with Crippen LogP contribution in [0.4, 0.5) is 4.79 Å². The predicted molar refractivity (Wildman–Crippen MR) is 160 cm³/mol. The maximum absolute atomic E-state index is 14.4. The van der Waals surface area contributed by atoms with Gasteiger partial charge in [0.25, 0.3) is 0 Å². The topological polar surface area (TPSA) is 108 Å². The molecular weight excluding hydrogens is 514 g/mol. The molecule has 222 valence electrons. The molecule has 0 radical (unpaired) electrons. The normalized spacial score (nSPS) is 14.7. The molecule has 1 rings (SSSR count). The number of ether oxygens (including phenoxy) is 1. The number of amides is 3. The van der Waals surface area contributed by atoms with Gasteiger partial charge < -0.3 is 25.4 Å². The average molecular weight is 566 g/mol. The van der Waals surface area contributed by atoms with Gasteiger partial charge in [0.05, 0.1) is 0 Å². The molecule has 1 aromatic rings. The van der Waals surface area contributed by atoms with Crippen molar-refractivity contribution in [2.45, 2.75) is 117 Å². The first-order valence-electron chi connectivity index (χ1n) is 14.1. The summed E-state index contributed by atoms with van der Waals surface area (Å²) in [6, 6.07) is 4.22. The summed E-state index contributed by atoms with van der Waals surface area (Å²) in [5, 5.41) is 16.7. The molecule has 0 spiro atoms. The number of thioether (sulfide) groups is 1. The van der Waals surface area contributed by atoms with Gasteiger partial charge in [0.15, 0.2) is 0 Å². The maximum Gasteiger partial charge on any atom is 0.408 e. The predicted octanol–water partition coefficient (Wildman–Crippen LogP) is 6.04. The van der Waals surface area contributed by atoms with Crippen LogP contribution in [0.2, 0.25) is 0 Å². The second-order valence-electron chi connectivity index (χ2n) is 11.7. The van der Waals surface area contributed by atoms with Gasteiger partial charge >= 0.3 is 6.09 Å². The highest BCUT2D eigenvalue weighted by molar-refractivity contribution is 7.98. The van der Waals surface area contributed by atoms with Crippen LogP contribution in [0.3, 0.4) is 0 Å². The maximum atomic E-state index is 14.4. The van der Waals surface area contributed by atoms with Crippen molar-refractivity contribution in [1.29, 1.82) is 0 Å². The summed E-state index contributed by atoms with van der Waals surface area (Å²) >= 11 is 1.57. The van der Waals surface area contributed by atoms with Crippen molar-refractivity contribution in [3.63, 3.8) is 0 Å². The number of nitrogens with one attached hydrogen (secondary N) is 2. The Kier molecular flexibility index (Phi) is 14.8. The standard InChI is InChI=1S/C30H51N3O5S/c1-10-13-21(4)31-27(35)26(23-14-11-12-15-25(23)34)33(22(5)17-16-20(2)3)28(36)24(18-19-39-9)32-29(37)38-30(6,7)8/h11-12,14-15,20-22,24,26,34H,10,13,16-19H2,1-9H3,(H,31,35)(H,32,37). The number of carbonyl (C=O) groups is 3. The highest BCUT2D eigenvalue weighted by Gasteiger charge is 2.40. The lowest BCUT2D eigenvalue weighted by atomic mass is 9.96. The van der Waals surface area contributed by atoms with E-state index >= 15 is 0 Å². The lowest BCUT2D eigenvalue weighted by molar-refractivity contribution is -0.145. The number of benzene rings is 1. The fourth-order valence-corrected chi connectivity index (χ4v) is 4.87. The Bertz CT molecular complexity index is 918. The van der Waals surface area contributed by atoms with Gasteiger partial charge in [0.1, 0.15) is 23.4 Å². The van der Waals surface area contributed by atoms with E-state index in [0.717, 1.165) is 19.3 Å². The van der Waals surface area contributed by atoms with Gasteiger partial charge in [-0.25, -0.2) is 4.79 Å². The molecule has 39 heavy (non-hydrogen) atoms. The number of hydrogen-bond donors (Lipinski definition) is 3. The number of phenols is 1. The molecule has 0 aliphatic heterocycles. The summed E-state index contributed by atoms with van der Waals surface area (Å²) in [5.41, 5.74) is -0.376. The van der Waals surface area contributed by atoms with E-state index in [1.807, 2.05) is 27.0 Å². The third-order valence-corrected chi connectivity index (χ3v) is 7.00. The van der Waals surface area contributed by atoms with Gasteiger partial charge in [-0.3, -0.25) is 9.59 Å². The SMILES string of the molecule is CCCC(C)NC(=O)C(c1ccccc1O)N(C(=O)C(CCSC)NC(=O)OC(C)(C)C)C(C)CCC(C)C. The van der Waals surface area contributed by atoms with E-state index in [2.05, 4.69) is 24.5 Å². The van der Waals surface area contributed by atoms with Crippen LogP contribution in [-0.2, 0) is 14.3 Å². The van der Waals surface area contributed by atoms with Gasteiger partial charge in [-0.1, -0.05) is 45.4 Å². The number of para-hydroxylation sites is 1. The minimum atomic E-state index is -1.07. The van der Waals surface area contributed by atoms with Crippen LogP contribution in [0.1, 0.15) is 99.1 Å². The van der Waals surface area contributed by atoms with E-state index in [-0.39, 0.29) is 29.6 Å². The van der Waals surface area contributed by atoms with Gasteiger partial charge in [-0.05, 0) is 84.3 Å². The van der Waals surface area contributed by atoms with Crippen LogP contribution in [0.25, 0.3) is 0 Å². The third kappa shape index (κ3) is 12.1. The Morgan fingerprint density at radius 2 is 1.64 bits per heavy atom. The molecule has 3 N–H and O–H groups in total. The van der Waals surface area contributed by atoms with Crippen molar-refractivity contribution in [3.8, 4) is 5.75 Å². The largest absolute Gasteiger partial charge is 0.508 e. The fourth-order valence-electron chi connectivity index (χ4n) is 4.40. The number of rotatable bonds is 15. The second-order valence-corrected chi connectivity index (χ2v) is 12.7. The number of nitrogens with zero attached hydrogens (tertiary/aromatic N) is 1. The van der Waals surface area contributed by atoms with E-state index in [0.29, 0.717) is 30.1 Å². The summed E-state index contributed by atoms with van der Waals surface area (Å²) < 4.78 is 5.46. The molecule has 0 aliphatic rings. The Morgan fingerprint density at radius 1 is 1.00 bits per heavy atom. The zero-order valence-corrected chi connectivity index (χ0v) is 26.2. The van der Waals surface area contributed by atoms with Gasteiger partial charge in [-0.15, -0.1) is 0 Å². The number of phenolic OH excluding ortho intramolecular Hbond substituents is 1. The van der Waals surface area contributed by atoms with E-state index in [4.69, 9.17) is 4.74 Å². The first kappa shape index (κ1) is 34.6. The van der Waals surface area contributed by atoms with Crippen molar-refractivity contribution in [1.82, 2.24) is 15.5 Å². The van der Waals surface area contributed by atoms with Crippen LogP contribution in [0.5, 0.6) is 5.75 Å². The van der Waals surface area contributed by atoms with Crippen LogP contribution in [0, 0.1) is 5.92 Å². The Balaban J connectivity index is 3.62. The van der Waals surface area contributed by atoms with Gasteiger partial charge in [-0.2, -0.15) is 11.8 Å². The molecule has 0 aromatic heterocycles. The summed E-state index contributed by atoms with van der Waals surface area (Å²) in [4.78, 5) is 42.6. The first-order valence-corrected chi connectivity index (χ1v) is 15.5. The lowest BCUT2D eigenvalue weighted by Gasteiger charge is -2.39. The quantitative estimate of drug-likeness (QED) is 0.239. The first-order chi connectivity index (χ1) is 18.2. The Hall–Kier alpha value is -2.42. The summed E-state index contributed by atoms with van der Waals surface area (Å²) in [6.07, 6.45) is 4.81. The minimum Gasteiger partial charge on any atom is -0.508 e. The number of hydrogen-bond acceptors (Lipinski definition) is 6. The van der Waals surface area contributed by atoms with Crippen molar-refractivity contribution in [2.24, 2.45) is 5.92 Å². The van der Waals surface area contributed by atoms with E-state index < -0.39 is 23.8 Å². The second kappa shape index (κ2) is 16.6. The van der Waals surface area contributed by atoms with Crippen LogP contribution >= 0.6 is 11.8 Å². The molecule has 4 atom stereocenters. The van der Waals surface area contributed by atoms with Crippen molar-refractivity contribution >= 4 is 29.7 Å². The molecule has 0 fully saturated rings. The summed E-state index contributed by atoms with van der Waals surface area (Å²) in [7, 11) is 0. The molecule has 9 heteroatoms. The molecule has 8 nitrogen and oxygen atoms in total. The highest BCUT2D eigenvalue weighted by Crippen LogP contribution is 2.33. The number of aromatic hydroxyl groups is 1. The lowest BCUT2D eigenvalue weighted by Crippen LogP contribution is -2.56. The monoisotopic (exact) mass is 565 g/mol. The van der Waals surface area contributed by atoms with Crippen LogP contribution in [-0.4, -0.2) is 63.6 Å². The summed E-state index contributed by atoms with van der Waals surface area (Å²) in [5.74, 6) is 0.233. The van der Waals surface area contributed by atoms with E-state index in [1.165, 1.54) is 6.07 Å². The van der Waals surface area contributed by atoms with Crippen molar-refractivity contribution in [2.75, 3.05) is 12.0 Å². The molecule has 0 heterocycles. The van der Waals surface area contributed by atoms with Crippen LogP contribution in [0.15, 0.2) is 24.3 Å². The van der Waals surface area contributed by atoms with Gasteiger partial charge in [0.2, 0.25) is 11.8 Å². The molecule has 0 aliphatic carbocycles. The van der Waals surface area contributed by atoms with E-state index in [1.54, 1.807) is 55.6 Å². The molecule has 1 aromatic carbocycles. The van der Waals surface area contributed by atoms with E-state index in [9.17, 15) is 19.5 Å². The zero-order valence-electron chi connectivity index (χ0n) is 25.4. The minimum absolute atomic E-state index is 0.0598. The molecular formula is C30H51N3O5S. The number of alkyl carbamates (subject to hydrolysis) is 1. The van der Waals surface area contributed by atoms with Crippen molar-refractivity contribution < 1.29 is 24.2 Å². The molecule has 0 saturated carbocycles. The average Bonchev–Trinajstić information content (AvgIpc) is 2.82. The number of carbonyl (C=O) groups excluding carboxylic acids is 3. The van der Waals surface area contributed by atoms with Crippen molar-refractivity contribution in [3.05, 3.63) is 29.8 Å². The smallest absolute Gasteiger partial charge is 0.408 e.